The summed E-state index contributed by atoms with van der Waals surface area (Å²) in [5.74, 6) is -0.485. The Kier molecular flexibility index (Phi) is 7.78. The molecular formula is C8H11Br5N2O2. The second kappa shape index (κ2) is 7.21. The number of hydrogen-bond donors (Lipinski definition) is 2. The molecule has 17 heavy (non-hydrogen) atoms. The van der Waals surface area contributed by atoms with E-state index in [0.29, 0.717) is 6.54 Å². The predicted molar refractivity (Wildman–Crippen MR) is 86.4 cm³/mol. The zero-order valence-electron chi connectivity index (χ0n) is 8.99. The smallest absolute Gasteiger partial charge is 0.258 e. The summed E-state index contributed by atoms with van der Waals surface area (Å²) in [5, 5.41) is 5.45. The van der Waals surface area contributed by atoms with Crippen molar-refractivity contribution in [2.45, 2.75) is 25.3 Å². The van der Waals surface area contributed by atoms with Crippen molar-refractivity contribution in [3.05, 3.63) is 0 Å². The summed E-state index contributed by atoms with van der Waals surface area (Å²) in [4.78, 5) is 23.0. The molecule has 100 valence electrons. The lowest BCUT2D eigenvalue weighted by molar-refractivity contribution is -0.122. The van der Waals surface area contributed by atoms with Crippen molar-refractivity contribution in [3.8, 4) is 0 Å². The van der Waals surface area contributed by atoms with Crippen molar-refractivity contribution in [2.24, 2.45) is 0 Å². The highest BCUT2D eigenvalue weighted by atomic mass is 80.0. The number of amides is 2. The van der Waals surface area contributed by atoms with Gasteiger partial charge >= 0.3 is 0 Å². The molecular weight excluding hydrogens is 556 g/mol. The van der Waals surface area contributed by atoms with E-state index in [4.69, 9.17) is 0 Å². The maximum Gasteiger partial charge on any atom is 0.258 e. The van der Waals surface area contributed by atoms with Gasteiger partial charge in [0, 0.05) is 6.54 Å². The first kappa shape index (κ1) is 18.3. The molecule has 0 heterocycles. The van der Waals surface area contributed by atoms with E-state index in [1.165, 1.54) is 0 Å². The summed E-state index contributed by atoms with van der Waals surface area (Å²) >= 11 is 15.5. The van der Waals surface area contributed by atoms with Gasteiger partial charge in [0.05, 0.1) is 5.54 Å². The van der Waals surface area contributed by atoms with Crippen LogP contribution in [0, 0.1) is 0 Å². The third-order valence-electron chi connectivity index (χ3n) is 1.61. The second-order valence-electron chi connectivity index (χ2n) is 3.85. The fourth-order valence-corrected chi connectivity index (χ4v) is 1.48. The molecule has 0 aliphatic rings. The fraction of sp³-hybridized carbons (Fsp3) is 0.750. The lowest BCUT2D eigenvalue weighted by atomic mass is 10.1. The van der Waals surface area contributed by atoms with Crippen molar-refractivity contribution in [1.29, 1.82) is 0 Å². The molecule has 0 unspecified atom stereocenters. The van der Waals surface area contributed by atoms with Crippen LogP contribution in [0.2, 0.25) is 0 Å². The van der Waals surface area contributed by atoms with E-state index in [1.807, 2.05) is 13.8 Å². The highest BCUT2D eigenvalue weighted by Gasteiger charge is 2.31. The molecule has 2 N–H and O–H groups in total. The van der Waals surface area contributed by atoms with Crippen molar-refractivity contribution >= 4 is 91.5 Å². The molecule has 0 aliphatic carbocycles. The molecule has 0 aromatic carbocycles. The van der Waals surface area contributed by atoms with E-state index < -0.39 is 11.4 Å². The zero-order valence-corrected chi connectivity index (χ0v) is 16.9. The van der Waals surface area contributed by atoms with Gasteiger partial charge in [0.1, 0.15) is 3.74 Å². The Labute approximate surface area is 142 Å². The molecule has 0 bridgehead atoms. The normalized spacial score (nSPS) is 12.5. The third kappa shape index (κ3) is 8.18. The van der Waals surface area contributed by atoms with E-state index in [1.54, 1.807) is 0 Å². The minimum atomic E-state index is -0.986. The average molecular weight is 567 g/mol. The molecule has 2 amide bonds. The maximum atomic E-state index is 11.5. The topological polar surface area (TPSA) is 58.2 Å². The summed E-state index contributed by atoms with van der Waals surface area (Å²) in [6.45, 7) is 3.92. The largest absolute Gasteiger partial charge is 0.351 e. The Bertz CT molecular complexity index is 301. The first-order chi connectivity index (χ1) is 7.46. The standard InChI is InChI=1S/C8H11Br5N2O2/c1-7(2,15-5(16)4(9)10)3-14-6(17)8(11,12)13/h4H,3H2,1-2H3,(H,14,17)(H,15,16). The molecule has 0 saturated carbocycles. The molecule has 0 aromatic heterocycles. The number of hydrogen-bond acceptors (Lipinski definition) is 2. The molecule has 0 saturated heterocycles. The number of nitrogens with one attached hydrogen (secondary N) is 2. The molecule has 0 rings (SSSR count). The maximum absolute atomic E-state index is 11.5. The molecule has 4 nitrogen and oxygen atoms in total. The highest BCUT2D eigenvalue weighted by Crippen LogP contribution is 2.33. The second-order valence-corrected chi connectivity index (χ2v) is 13.7. The van der Waals surface area contributed by atoms with Crippen LogP contribution >= 0.6 is 79.6 Å². The van der Waals surface area contributed by atoms with Gasteiger partial charge in [-0.25, -0.2) is 0 Å². The summed E-state index contributed by atoms with van der Waals surface area (Å²) in [7, 11) is 0. The van der Waals surface area contributed by atoms with Crippen LogP contribution in [0.5, 0.6) is 0 Å². The molecule has 0 atom stereocenters. The highest BCUT2D eigenvalue weighted by molar-refractivity contribution is 9.40. The minimum absolute atomic E-state index is 0.202. The van der Waals surface area contributed by atoms with Gasteiger partial charge in [0.15, 0.2) is 0 Å². The third-order valence-corrected chi connectivity index (χ3v) is 3.52. The lowest BCUT2D eigenvalue weighted by Crippen LogP contribution is -2.53. The zero-order chi connectivity index (χ0) is 13.9. The molecule has 0 aliphatic heterocycles. The number of carbonyl (C=O) groups is 2. The van der Waals surface area contributed by atoms with Gasteiger partial charge < -0.3 is 10.6 Å². The van der Waals surface area contributed by atoms with Gasteiger partial charge in [-0.3, -0.25) is 9.59 Å². The van der Waals surface area contributed by atoms with Gasteiger partial charge in [-0.05, 0) is 61.6 Å². The average Bonchev–Trinajstić information content (AvgIpc) is 2.11. The molecule has 9 heteroatoms. The van der Waals surface area contributed by atoms with Gasteiger partial charge in [-0.1, -0.05) is 31.9 Å². The van der Waals surface area contributed by atoms with Crippen LogP contribution in [0.25, 0.3) is 0 Å². The Morgan fingerprint density at radius 3 is 2.00 bits per heavy atom. The Balaban J connectivity index is 4.28. The van der Waals surface area contributed by atoms with E-state index in [2.05, 4.69) is 90.3 Å². The lowest BCUT2D eigenvalue weighted by Gasteiger charge is -2.27. The van der Waals surface area contributed by atoms with Gasteiger partial charge in [0.2, 0.25) is 8.05 Å². The number of carbonyl (C=O) groups excluding carboxylic acids is 2. The summed E-state index contributed by atoms with van der Waals surface area (Å²) in [6, 6.07) is 0. The van der Waals surface area contributed by atoms with Crippen LogP contribution in [-0.4, -0.2) is 29.8 Å². The predicted octanol–water partition coefficient (Wildman–Crippen LogP) is 2.95. The molecule has 0 radical (unpaired) electrons. The molecule has 0 spiro atoms. The van der Waals surface area contributed by atoms with Gasteiger partial charge in [-0.15, -0.1) is 0 Å². The van der Waals surface area contributed by atoms with Crippen LogP contribution in [0.1, 0.15) is 13.8 Å². The first-order valence-electron chi connectivity index (χ1n) is 4.41. The number of rotatable bonds is 4. The summed E-state index contributed by atoms with van der Waals surface area (Å²) in [6.07, 6.45) is 0. The fourth-order valence-electron chi connectivity index (χ4n) is 0.834. The van der Waals surface area contributed by atoms with Gasteiger partial charge in [0.25, 0.3) is 5.91 Å². The van der Waals surface area contributed by atoms with E-state index >= 15 is 0 Å². The monoisotopic (exact) mass is 562 g/mol. The SMILES string of the molecule is CC(C)(CNC(=O)C(Br)(Br)Br)NC(=O)C(Br)Br. The number of alkyl halides is 5. The van der Waals surface area contributed by atoms with Crippen LogP contribution in [0.4, 0.5) is 0 Å². The van der Waals surface area contributed by atoms with Crippen LogP contribution in [-0.2, 0) is 9.59 Å². The summed E-state index contributed by atoms with van der Waals surface area (Å²) in [5.41, 5.74) is -0.551. The van der Waals surface area contributed by atoms with Crippen LogP contribution < -0.4 is 10.6 Å². The Morgan fingerprint density at radius 1 is 1.18 bits per heavy atom. The Morgan fingerprint density at radius 2 is 1.65 bits per heavy atom. The van der Waals surface area contributed by atoms with Crippen molar-refractivity contribution < 1.29 is 9.59 Å². The quantitative estimate of drug-likeness (QED) is 0.515. The van der Waals surface area contributed by atoms with E-state index in [-0.39, 0.29) is 11.8 Å². The van der Waals surface area contributed by atoms with Crippen molar-refractivity contribution in [1.82, 2.24) is 10.6 Å². The Hall–Kier alpha value is 1.34. The van der Waals surface area contributed by atoms with E-state index in [9.17, 15) is 9.59 Å². The first-order valence-corrected chi connectivity index (χ1v) is 8.62. The van der Waals surface area contributed by atoms with Gasteiger partial charge in [-0.2, -0.15) is 0 Å². The molecule has 0 fully saturated rings. The van der Waals surface area contributed by atoms with Crippen molar-refractivity contribution in [2.75, 3.05) is 6.54 Å². The van der Waals surface area contributed by atoms with Crippen LogP contribution in [0.15, 0.2) is 0 Å². The van der Waals surface area contributed by atoms with Crippen LogP contribution in [0.3, 0.4) is 0 Å². The molecule has 0 aromatic rings. The van der Waals surface area contributed by atoms with Crippen molar-refractivity contribution in [3.63, 3.8) is 0 Å². The number of halogens is 5. The minimum Gasteiger partial charge on any atom is -0.351 e. The summed E-state index contributed by atoms with van der Waals surface area (Å²) < 4.78 is -1.44. The van der Waals surface area contributed by atoms with E-state index in [0.717, 1.165) is 0 Å².